The van der Waals surface area contributed by atoms with Gasteiger partial charge in [0.2, 0.25) is 0 Å². The summed E-state index contributed by atoms with van der Waals surface area (Å²) in [5, 5.41) is 3.82. The molecule has 0 aromatic heterocycles. The average Bonchev–Trinajstić information content (AvgIpc) is 3.20. The lowest BCUT2D eigenvalue weighted by molar-refractivity contribution is 0.232. The Hall–Kier alpha value is -0.860. The van der Waals surface area contributed by atoms with Crippen molar-refractivity contribution in [1.29, 1.82) is 0 Å². The highest BCUT2D eigenvalue weighted by atomic mass is 15.1. The Labute approximate surface area is 110 Å². The van der Waals surface area contributed by atoms with E-state index in [2.05, 4.69) is 47.6 Å². The van der Waals surface area contributed by atoms with Crippen LogP contribution in [0.4, 0.5) is 0 Å². The molecule has 1 N–H and O–H groups in total. The molecule has 98 valence electrons. The average molecular weight is 244 g/mol. The van der Waals surface area contributed by atoms with Crippen LogP contribution < -0.4 is 5.32 Å². The maximum Gasteiger partial charge on any atom is 0.00917 e. The minimum atomic E-state index is 0.463. The van der Waals surface area contributed by atoms with Gasteiger partial charge in [0, 0.05) is 18.0 Å². The Morgan fingerprint density at radius 1 is 1.17 bits per heavy atom. The number of rotatable bonds is 4. The van der Waals surface area contributed by atoms with Crippen LogP contribution in [0.15, 0.2) is 30.3 Å². The minimum Gasteiger partial charge on any atom is -0.313 e. The lowest BCUT2D eigenvalue weighted by Crippen LogP contribution is -2.43. The molecule has 1 aromatic rings. The smallest absolute Gasteiger partial charge is 0.00917 e. The molecule has 0 amide bonds. The van der Waals surface area contributed by atoms with Crippen molar-refractivity contribution in [3.05, 3.63) is 35.9 Å². The van der Waals surface area contributed by atoms with Crippen molar-refractivity contribution in [1.82, 2.24) is 10.2 Å². The Kier molecular flexibility index (Phi) is 3.40. The second kappa shape index (κ2) is 5.02. The van der Waals surface area contributed by atoms with E-state index in [1.54, 1.807) is 0 Å². The summed E-state index contributed by atoms with van der Waals surface area (Å²) in [6, 6.07) is 11.8. The van der Waals surface area contributed by atoms with Gasteiger partial charge in [-0.3, -0.25) is 0 Å². The van der Waals surface area contributed by atoms with Crippen LogP contribution in [0.3, 0.4) is 0 Å². The van der Waals surface area contributed by atoms with Crippen molar-refractivity contribution in [2.24, 2.45) is 0 Å². The predicted octanol–water partition coefficient (Wildman–Crippen LogP) is 2.40. The molecule has 0 unspecified atom stereocenters. The maximum atomic E-state index is 3.82. The molecule has 0 spiro atoms. The normalized spacial score (nSPS) is 24.1. The van der Waals surface area contributed by atoms with Gasteiger partial charge in [-0.15, -0.1) is 0 Å². The third-order valence-electron chi connectivity index (χ3n) is 4.69. The molecule has 3 rings (SSSR count). The summed E-state index contributed by atoms with van der Waals surface area (Å²) in [5.74, 6) is 0. The first kappa shape index (κ1) is 12.2. The molecule has 1 aliphatic carbocycles. The van der Waals surface area contributed by atoms with Crippen molar-refractivity contribution < 1.29 is 0 Å². The summed E-state index contributed by atoms with van der Waals surface area (Å²) in [4.78, 5) is 2.43. The van der Waals surface area contributed by atoms with Crippen LogP contribution in [0, 0.1) is 0 Å². The van der Waals surface area contributed by atoms with Gasteiger partial charge >= 0.3 is 0 Å². The molecule has 0 atom stereocenters. The Bertz CT molecular complexity index is 375. The summed E-state index contributed by atoms with van der Waals surface area (Å²) < 4.78 is 0. The highest BCUT2D eigenvalue weighted by Crippen LogP contribution is 2.47. The van der Waals surface area contributed by atoms with E-state index in [1.165, 1.54) is 50.9 Å². The van der Waals surface area contributed by atoms with Gasteiger partial charge in [-0.1, -0.05) is 30.3 Å². The molecule has 2 fully saturated rings. The van der Waals surface area contributed by atoms with E-state index in [0.29, 0.717) is 5.41 Å². The Morgan fingerprint density at radius 2 is 1.83 bits per heavy atom. The van der Waals surface area contributed by atoms with Gasteiger partial charge in [-0.2, -0.15) is 0 Å². The van der Waals surface area contributed by atoms with Crippen LogP contribution in [0.25, 0.3) is 0 Å². The second-order valence-electron chi connectivity index (χ2n) is 6.10. The van der Waals surface area contributed by atoms with E-state index >= 15 is 0 Å². The van der Waals surface area contributed by atoms with Gasteiger partial charge < -0.3 is 10.2 Å². The second-order valence-corrected chi connectivity index (χ2v) is 6.10. The zero-order chi connectivity index (χ0) is 12.4. The number of benzene rings is 1. The third kappa shape index (κ3) is 2.60. The fourth-order valence-electron chi connectivity index (χ4n) is 3.06. The molecule has 0 bridgehead atoms. The monoisotopic (exact) mass is 244 g/mol. The van der Waals surface area contributed by atoms with Crippen molar-refractivity contribution in [2.75, 3.05) is 26.7 Å². The maximum absolute atomic E-state index is 3.82. The summed E-state index contributed by atoms with van der Waals surface area (Å²) >= 11 is 0. The van der Waals surface area contributed by atoms with E-state index in [1.807, 2.05) is 0 Å². The zero-order valence-electron chi connectivity index (χ0n) is 11.4. The summed E-state index contributed by atoms with van der Waals surface area (Å²) in [6.45, 7) is 3.66. The molecular weight excluding hydrogens is 220 g/mol. The van der Waals surface area contributed by atoms with Crippen LogP contribution in [0.2, 0.25) is 0 Å². The molecule has 2 aliphatic rings. The molecule has 18 heavy (non-hydrogen) atoms. The molecule has 1 aromatic carbocycles. The van der Waals surface area contributed by atoms with Crippen LogP contribution >= 0.6 is 0 Å². The fourth-order valence-corrected chi connectivity index (χ4v) is 3.06. The molecule has 1 saturated heterocycles. The van der Waals surface area contributed by atoms with Crippen molar-refractivity contribution in [3.63, 3.8) is 0 Å². The lowest BCUT2D eigenvalue weighted by Gasteiger charge is -2.31. The van der Waals surface area contributed by atoms with Crippen molar-refractivity contribution in [3.8, 4) is 0 Å². The molecule has 1 aliphatic heterocycles. The lowest BCUT2D eigenvalue weighted by atomic mass is 9.95. The number of piperidine rings is 1. The fraction of sp³-hybridized carbons (Fsp3) is 0.625. The number of nitrogens with zero attached hydrogens (tertiary/aromatic N) is 1. The highest BCUT2D eigenvalue weighted by molar-refractivity contribution is 5.31. The van der Waals surface area contributed by atoms with Crippen molar-refractivity contribution >= 4 is 0 Å². The van der Waals surface area contributed by atoms with Crippen LogP contribution in [0.1, 0.15) is 31.2 Å². The van der Waals surface area contributed by atoms with E-state index < -0.39 is 0 Å². The standard InChI is InChI=1S/C16H24N2/c1-18-11-7-15(8-12-18)17-13-16(9-10-16)14-5-3-2-4-6-14/h2-6,15,17H,7-13H2,1H3. The molecule has 1 heterocycles. The van der Waals surface area contributed by atoms with E-state index in [4.69, 9.17) is 0 Å². The van der Waals surface area contributed by atoms with Crippen LogP contribution in [-0.4, -0.2) is 37.6 Å². The van der Waals surface area contributed by atoms with Gasteiger partial charge in [0.1, 0.15) is 0 Å². The van der Waals surface area contributed by atoms with Gasteiger partial charge in [0.15, 0.2) is 0 Å². The summed E-state index contributed by atoms with van der Waals surface area (Å²) in [7, 11) is 2.22. The Morgan fingerprint density at radius 3 is 2.44 bits per heavy atom. The molecule has 0 radical (unpaired) electrons. The van der Waals surface area contributed by atoms with Crippen molar-refractivity contribution in [2.45, 2.75) is 37.1 Å². The number of nitrogens with one attached hydrogen (secondary N) is 1. The minimum absolute atomic E-state index is 0.463. The first-order chi connectivity index (χ1) is 8.78. The van der Waals surface area contributed by atoms with Gasteiger partial charge in [-0.05, 0) is 51.4 Å². The summed E-state index contributed by atoms with van der Waals surface area (Å²) in [5.41, 5.74) is 2.00. The van der Waals surface area contributed by atoms with Crippen LogP contribution in [0.5, 0.6) is 0 Å². The topological polar surface area (TPSA) is 15.3 Å². The third-order valence-corrected chi connectivity index (χ3v) is 4.69. The van der Waals surface area contributed by atoms with Crippen LogP contribution in [-0.2, 0) is 5.41 Å². The predicted molar refractivity (Wildman–Crippen MR) is 75.9 cm³/mol. The quantitative estimate of drug-likeness (QED) is 0.875. The zero-order valence-corrected chi connectivity index (χ0v) is 11.4. The number of hydrogen-bond donors (Lipinski definition) is 1. The largest absolute Gasteiger partial charge is 0.313 e. The van der Waals surface area contributed by atoms with Gasteiger partial charge in [0.05, 0.1) is 0 Å². The molecule has 2 heteroatoms. The number of hydrogen-bond acceptors (Lipinski definition) is 2. The van der Waals surface area contributed by atoms with Gasteiger partial charge in [0.25, 0.3) is 0 Å². The SMILES string of the molecule is CN1CCC(NCC2(c3ccccc3)CC2)CC1. The highest BCUT2D eigenvalue weighted by Gasteiger charge is 2.44. The first-order valence-electron chi connectivity index (χ1n) is 7.26. The van der Waals surface area contributed by atoms with E-state index in [-0.39, 0.29) is 0 Å². The number of likely N-dealkylation sites (tertiary alicyclic amines) is 1. The first-order valence-corrected chi connectivity index (χ1v) is 7.26. The van der Waals surface area contributed by atoms with E-state index in [9.17, 15) is 0 Å². The van der Waals surface area contributed by atoms with Gasteiger partial charge in [-0.25, -0.2) is 0 Å². The molecular formula is C16H24N2. The summed E-state index contributed by atoms with van der Waals surface area (Å²) in [6.07, 6.45) is 5.33. The van der Waals surface area contributed by atoms with E-state index in [0.717, 1.165) is 6.04 Å². The molecule has 1 saturated carbocycles. The molecule has 2 nitrogen and oxygen atoms in total. The Balaban J connectivity index is 1.54.